The molecule has 1 aromatic rings. The van der Waals surface area contributed by atoms with Gasteiger partial charge in [0, 0.05) is 12.2 Å². The van der Waals surface area contributed by atoms with Gasteiger partial charge in [0.1, 0.15) is 5.75 Å². The highest BCUT2D eigenvalue weighted by Crippen LogP contribution is 2.18. The second-order valence-electron chi connectivity index (χ2n) is 5.22. The lowest BCUT2D eigenvalue weighted by Crippen LogP contribution is -2.37. The summed E-state index contributed by atoms with van der Waals surface area (Å²) < 4.78 is 5.57. The molecule has 1 aliphatic rings. The quantitative estimate of drug-likeness (QED) is 0.899. The molecule has 2 N–H and O–H groups in total. The SMILES string of the molecule is CC(C)Oc1ccc(NC(=O)C2CCCNC2)cc1.Cl. The first-order valence-corrected chi connectivity index (χ1v) is 6.93. The summed E-state index contributed by atoms with van der Waals surface area (Å²) in [6.45, 7) is 5.78. The van der Waals surface area contributed by atoms with Crippen molar-refractivity contribution in [3.05, 3.63) is 24.3 Å². The van der Waals surface area contributed by atoms with E-state index >= 15 is 0 Å². The van der Waals surface area contributed by atoms with E-state index in [1.54, 1.807) is 0 Å². The van der Waals surface area contributed by atoms with Crippen LogP contribution in [-0.4, -0.2) is 25.1 Å². The lowest BCUT2D eigenvalue weighted by molar-refractivity contribution is -0.120. The molecule has 0 aromatic heterocycles. The molecule has 0 saturated carbocycles. The molecule has 0 aliphatic carbocycles. The van der Waals surface area contributed by atoms with Crippen molar-refractivity contribution in [2.24, 2.45) is 5.92 Å². The average molecular weight is 299 g/mol. The maximum atomic E-state index is 12.0. The number of ether oxygens (including phenoxy) is 1. The summed E-state index contributed by atoms with van der Waals surface area (Å²) >= 11 is 0. The van der Waals surface area contributed by atoms with Gasteiger partial charge in [0.2, 0.25) is 5.91 Å². The van der Waals surface area contributed by atoms with E-state index < -0.39 is 0 Å². The molecule has 112 valence electrons. The third-order valence-electron chi connectivity index (χ3n) is 3.16. The van der Waals surface area contributed by atoms with Crippen LogP contribution in [0.15, 0.2) is 24.3 Å². The first-order valence-electron chi connectivity index (χ1n) is 6.93. The third-order valence-corrected chi connectivity index (χ3v) is 3.16. The Morgan fingerprint density at radius 3 is 2.60 bits per heavy atom. The highest BCUT2D eigenvalue weighted by Gasteiger charge is 2.20. The fraction of sp³-hybridized carbons (Fsp3) is 0.533. The average Bonchev–Trinajstić information content (AvgIpc) is 2.41. The van der Waals surface area contributed by atoms with Gasteiger partial charge in [-0.1, -0.05) is 0 Å². The Labute approximate surface area is 126 Å². The molecule has 1 unspecified atom stereocenters. The molecular weight excluding hydrogens is 276 g/mol. The number of hydrogen-bond acceptors (Lipinski definition) is 3. The monoisotopic (exact) mass is 298 g/mol. The van der Waals surface area contributed by atoms with Crippen molar-refractivity contribution in [1.29, 1.82) is 0 Å². The summed E-state index contributed by atoms with van der Waals surface area (Å²) in [7, 11) is 0. The van der Waals surface area contributed by atoms with Crippen LogP contribution in [-0.2, 0) is 4.79 Å². The molecule has 20 heavy (non-hydrogen) atoms. The molecule has 1 amide bonds. The standard InChI is InChI=1S/C15H22N2O2.ClH/c1-11(2)19-14-7-5-13(6-8-14)17-15(18)12-4-3-9-16-10-12;/h5-8,11-12,16H,3-4,9-10H2,1-2H3,(H,17,18);1H. The van der Waals surface area contributed by atoms with Crippen LogP contribution in [0.1, 0.15) is 26.7 Å². The van der Waals surface area contributed by atoms with Crippen molar-refractivity contribution in [1.82, 2.24) is 5.32 Å². The molecule has 1 aromatic carbocycles. The van der Waals surface area contributed by atoms with Crippen LogP contribution in [0.25, 0.3) is 0 Å². The molecule has 2 rings (SSSR count). The van der Waals surface area contributed by atoms with Crippen LogP contribution in [0.3, 0.4) is 0 Å². The van der Waals surface area contributed by atoms with Crippen molar-refractivity contribution >= 4 is 24.0 Å². The maximum Gasteiger partial charge on any atom is 0.228 e. The molecule has 1 saturated heterocycles. The lowest BCUT2D eigenvalue weighted by Gasteiger charge is -2.22. The summed E-state index contributed by atoms with van der Waals surface area (Å²) in [5, 5.41) is 6.21. The predicted octanol–water partition coefficient (Wildman–Crippen LogP) is 2.83. The van der Waals surface area contributed by atoms with Gasteiger partial charge >= 0.3 is 0 Å². The van der Waals surface area contributed by atoms with E-state index in [9.17, 15) is 4.79 Å². The molecule has 4 nitrogen and oxygen atoms in total. The molecule has 1 fully saturated rings. The molecular formula is C15H23ClN2O2. The Morgan fingerprint density at radius 1 is 1.35 bits per heavy atom. The van der Waals surface area contributed by atoms with Crippen molar-refractivity contribution in [3.63, 3.8) is 0 Å². The number of carbonyl (C=O) groups excluding carboxylic acids is 1. The minimum absolute atomic E-state index is 0. The highest BCUT2D eigenvalue weighted by molar-refractivity contribution is 5.92. The lowest BCUT2D eigenvalue weighted by atomic mass is 9.99. The van der Waals surface area contributed by atoms with Gasteiger partial charge in [-0.05, 0) is 57.5 Å². The van der Waals surface area contributed by atoms with E-state index in [4.69, 9.17) is 4.74 Å². The second-order valence-corrected chi connectivity index (χ2v) is 5.22. The zero-order valence-electron chi connectivity index (χ0n) is 12.0. The molecule has 0 spiro atoms. The molecule has 5 heteroatoms. The smallest absolute Gasteiger partial charge is 0.228 e. The second kappa shape index (κ2) is 8.12. The number of anilines is 1. The summed E-state index contributed by atoms with van der Waals surface area (Å²) in [4.78, 5) is 12.0. The number of halogens is 1. The van der Waals surface area contributed by atoms with Gasteiger partial charge in [0.15, 0.2) is 0 Å². The number of rotatable bonds is 4. The summed E-state index contributed by atoms with van der Waals surface area (Å²) in [5.41, 5.74) is 0.826. The Bertz CT molecular complexity index is 414. The van der Waals surface area contributed by atoms with Crippen molar-refractivity contribution in [2.45, 2.75) is 32.8 Å². The van der Waals surface area contributed by atoms with E-state index in [2.05, 4.69) is 10.6 Å². The van der Waals surface area contributed by atoms with Gasteiger partial charge in [-0.25, -0.2) is 0 Å². The molecule has 0 bridgehead atoms. The van der Waals surface area contributed by atoms with Gasteiger partial charge in [0.25, 0.3) is 0 Å². The van der Waals surface area contributed by atoms with Crippen molar-refractivity contribution < 1.29 is 9.53 Å². The zero-order valence-corrected chi connectivity index (χ0v) is 12.8. The predicted molar refractivity (Wildman–Crippen MR) is 83.7 cm³/mol. The van der Waals surface area contributed by atoms with Crippen molar-refractivity contribution in [3.8, 4) is 5.75 Å². The third kappa shape index (κ3) is 5.02. The van der Waals surface area contributed by atoms with Crippen LogP contribution in [0.4, 0.5) is 5.69 Å². The summed E-state index contributed by atoms with van der Waals surface area (Å²) in [6.07, 6.45) is 2.20. The topological polar surface area (TPSA) is 50.4 Å². The van der Waals surface area contributed by atoms with Gasteiger partial charge < -0.3 is 15.4 Å². The largest absolute Gasteiger partial charge is 0.491 e. The van der Waals surface area contributed by atoms with Gasteiger partial charge in [-0.15, -0.1) is 12.4 Å². The Kier molecular flexibility index (Phi) is 6.82. The highest BCUT2D eigenvalue weighted by atomic mass is 35.5. The molecule has 1 atom stereocenters. The number of benzene rings is 1. The van der Waals surface area contributed by atoms with E-state index in [0.29, 0.717) is 0 Å². The van der Waals surface area contributed by atoms with Gasteiger partial charge in [-0.2, -0.15) is 0 Å². The Morgan fingerprint density at radius 2 is 2.05 bits per heavy atom. The number of hydrogen-bond donors (Lipinski definition) is 2. The first-order chi connectivity index (χ1) is 9.15. The number of piperidine rings is 1. The summed E-state index contributed by atoms with van der Waals surface area (Å²) in [6, 6.07) is 7.53. The van der Waals surface area contributed by atoms with Crippen LogP contribution < -0.4 is 15.4 Å². The van der Waals surface area contributed by atoms with Crippen LogP contribution >= 0.6 is 12.4 Å². The molecule has 1 aliphatic heterocycles. The van der Waals surface area contributed by atoms with E-state index in [1.165, 1.54) is 0 Å². The minimum Gasteiger partial charge on any atom is -0.491 e. The maximum absolute atomic E-state index is 12.0. The van der Waals surface area contributed by atoms with Crippen LogP contribution in [0.2, 0.25) is 0 Å². The zero-order chi connectivity index (χ0) is 13.7. The fourth-order valence-corrected chi connectivity index (χ4v) is 2.21. The Balaban J connectivity index is 0.00000200. The van der Waals surface area contributed by atoms with E-state index in [0.717, 1.165) is 37.4 Å². The molecule has 1 heterocycles. The minimum atomic E-state index is 0. The first kappa shape index (κ1) is 16.8. The molecule has 0 radical (unpaired) electrons. The summed E-state index contributed by atoms with van der Waals surface area (Å²) in [5.74, 6) is 1.01. The van der Waals surface area contributed by atoms with Crippen LogP contribution in [0, 0.1) is 5.92 Å². The van der Waals surface area contributed by atoms with Crippen LogP contribution in [0.5, 0.6) is 5.75 Å². The fourth-order valence-electron chi connectivity index (χ4n) is 2.21. The number of carbonyl (C=O) groups is 1. The van der Waals surface area contributed by atoms with Gasteiger partial charge in [0.05, 0.1) is 12.0 Å². The number of nitrogens with one attached hydrogen (secondary N) is 2. The van der Waals surface area contributed by atoms with Crippen molar-refractivity contribution in [2.75, 3.05) is 18.4 Å². The van der Waals surface area contributed by atoms with Gasteiger partial charge in [-0.3, -0.25) is 4.79 Å². The Hall–Kier alpha value is -1.26. The normalized spacial score (nSPS) is 18.2. The van der Waals surface area contributed by atoms with E-state index in [1.807, 2.05) is 38.1 Å². The van der Waals surface area contributed by atoms with E-state index in [-0.39, 0.29) is 30.3 Å². The number of amides is 1.